The summed E-state index contributed by atoms with van der Waals surface area (Å²) in [6.45, 7) is 2.39. The molecule has 0 radical (unpaired) electrons. The predicted molar refractivity (Wildman–Crippen MR) is 129 cm³/mol. The Morgan fingerprint density at radius 1 is 1.00 bits per heavy atom. The summed E-state index contributed by atoms with van der Waals surface area (Å²) in [5, 5.41) is 5.63. The largest absolute Gasteiger partial charge is 0.497 e. The van der Waals surface area contributed by atoms with E-state index in [-0.39, 0.29) is 11.9 Å². The number of carbonyl (C=O) groups excluding carboxylic acids is 2. The molecule has 3 amide bonds. The van der Waals surface area contributed by atoms with E-state index in [2.05, 4.69) is 10.6 Å². The van der Waals surface area contributed by atoms with Gasteiger partial charge in [0.1, 0.15) is 17.2 Å². The first-order valence-corrected chi connectivity index (χ1v) is 10.9. The van der Waals surface area contributed by atoms with Gasteiger partial charge in [-0.05, 0) is 49.4 Å². The van der Waals surface area contributed by atoms with Gasteiger partial charge in [-0.3, -0.25) is 4.79 Å². The van der Waals surface area contributed by atoms with Crippen LogP contribution in [0.15, 0.2) is 66.7 Å². The highest BCUT2D eigenvalue weighted by molar-refractivity contribution is 5.99. The molecule has 0 spiro atoms. The van der Waals surface area contributed by atoms with E-state index >= 15 is 0 Å². The van der Waals surface area contributed by atoms with E-state index in [1.165, 1.54) is 0 Å². The van der Waals surface area contributed by atoms with Gasteiger partial charge < -0.3 is 29.7 Å². The Morgan fingerprint density at radius 3 is 2.50 bits per heavy atom. The lowest BCUT2D eigenvalue weighted by atomic mass is 10.1. The number of nitrogens with zero attached hydrogens (tertiary/aromatic N) is 1. The number of rotatable bonds is 6. The highest BCUT2D eigenvalue weighted by atomic mass is 16.5. The van der Waals surface area contributed by atoms with Gasteiger partial charge in [-0.1, -0.05) is 18.2 Å². The lowest BCUT2D eigenvalue weighted by molar-refractivity contribution is -0.138. The summed E-state index contributed by atoms with van der Waals surface area (Å²) in [7, 11) is 3.18. The average Bonchev–Trinajstić information content (AvgIpc) is 2.96. The Labute approximate surface area is 198 Å². The van der Waals surface area contributed by atoms with Crippen molar-refractivity contribution in [2.45, 2.75) is 26.1 Å². The maximum absolute atomic E-state index is 13.1. The number of hydrogen-bond acceptors (Lipinski definition) is 5. The molecule has 0 aromatic heterocycles. The fraction of sp³-hybridized carbons (Fsp3) is 0.231. The summed E-state index contributed by atoms with van der Waals surface area (Å²) < 4.78 is 16.7. The summed E-state index contributed by atoms with van der Waals surface area (Å²) in [5.41, 5.74) is 2.93. The first kappa shape index (κ1) is 23.0. The number of fused-ring (bicyclic) bond motifs is 1. The third kappa shape index (κ3) is 5.23. The Morgan fingerprint density at radius 2 is 1.76 bits per heavy atom. The normalized spacial score (nSPS) is 15.0. The second-order valence-electron chi connectivity index (χ2n) is 7.90. The number of nitrogens with one attached hydrogen (secondary N) is 2. The first-order valence-electron chi connectivity index (χ1n) is 10.9. The molecule has 4 rings (SSSR count). The molecule has 1 aliphatic rings. The number of methoxy groups -OCH3 is 2. The van der Waals surface area contributed by atoms with Crippen molar-refractivity contribution >= 4 is 23.3 Å². The summed E-state index contributed by atoms with van der Waals surface area (Å²) in [4.78, 5) is 27.2. The highest BCUT2D eigenvalue weighted by Crippen LogP contribution is 2.31. The van der Waals surface area contributed by atoms with Crippen molar-refractivity contribution in [3.8, 4) is 17.2 Å². The quantitative estimate of drug-likeness (QED) is 0.558. The molecule has 176 valence electrons. The number of hydrogen-bond donors (Lipinski definition) is 2. The molecular formula is C26H27N3O5. The fourth-order valence-corrected chi connectivity index (χ4v) is 3.81. The van der Waals surface area contributed by atoms with Crippen LogP contribution in [-0.2, 0) is 17.9 Å². The molecule has 0 fully saturated rings. The van der Waals surface area contributed by atoms with Crippen LogP contribution in [0.25, 0.3) is 0 Å². The van der Waals surface area contributed by atoms with Crippen LogP contribution in [0.4, 0.5) is 16.2 Å². The van der Waals surface area contributed by atoms with Gasteiger partial charge in [-0.25, -0.2) is 4.79 Å². The fourth-order valence-electron chi connectivity index (χ4n) is 3.81. The lowest BCUT2D eigenvalue weighted by Crippen LogP contribution is -2.37. The number of para-hydroxylation sites is 1. The zero-order chi connectivity index (χ0) is 24.1. The number of amides is 3. The van der Waals surface area contributed by atoms with E-state index in [0.29, 0.717) is 41.7 Å². The summed E-state index contributed by atoms with van der Waals surface area (Å²) in [6, 6.07) is 19.7. The summed E-state index contributed by atoms with van der Waals surface area (Å²) in [6.07, 6.45) is -0.648. The maximum atomic E-state index is 13.1. The van der Waals surface area contributed by atoms with Crippen LogP contribution in [0.1, 0.15) is 18.1 Å². The van der Waals surface area contributed by atoms with E-state index in [4.69, 9.17) is 14.2 Å². The van der Waals surface area contributed by atoms with Crippen LogP contribution in [0, 0.1) is 0 Å². The van der Waals surface area contributed by atoms with Crippen LogP contribution in [0.2, 0.25) is 0 Å². The van der Waals surface area contributed by atoms with Gasteiger partial charge in [-0.2, -0.15) is 0 Å². The standard InChI is InChI=1S/C26H27N3O5/c1-17-25(30)29(15-18-9-11-22(32-2)14-24(18)33-3)16-19-13-21(10-12-23(19)34-17)28-26(31)27-20-7-5-4-6-8-20/h4-14,17H,15-16H2,1-3H3,(H2,27,28,31)/t17-/m1/s1. The van der Waals surface area contributed by atoms with Gasteiger partial charge in [0.05, 0.1) is 14.2 Å². The number of carbonyl (C=O) groups is 2. The molecule has 34 heavy (non-hydrogen) atoms. The molecule has 1 atom stereocenters. The van der Waals surface area contributed by atoms with Gasteiger partial charge in [0.2, 0.25) is 0 Å². The molecule has 1 heterocycles. The molecule has 2 N–H and O–H groups in total. The van der Waals surface area contributed by atoms with E-state index < -0.39 is 6.10 Å². The molecule has 0 bridgehead atoms. The number of urea groups is 1. The van der Waals surface area contributed by atoms with E-state index in [1.54, 1.807) is 44.2 Å². The third-order valence-corrected chi connectivity index (χ3v) is 5.53. The summed E-state index contributed by atoms with van der Waals surface area (Å²) >= 11 is 0. The topological polar surface area (TPSA) is 89.1 Å². The zero-order valence-electron chi connectivity index (χ0n) is 19.3. The average molecular weight is 462 g/mol. The van der Waals surface area contributed by atoms with Gasteiger partial charge in [0.25, 0.3) is 5.91 Å². The molecule has 3 aromatic rings. The second kappa shape index (κ2) is 10.2. The maximum Gasteiger partial charge on any atom is 0.323 e. The first-order chi connectivity index (χ1) is 16.5. The summed E-state index contributed by atoms with van der Waals surface area (Å²) in [5.74, 6) is 1.79. The smallest absolute Gasteiger partial charge is 0.323 e. The monoisotopic (exact) mass is 461 g/mol. The minimum atomic E-state index is -0.648. The molecular weight excluding hydrogens is 434 g/mol. The van der Waals surface area contributed by atoms with Crippen LogP contribution in [0.3, 0.4) is 0 Å². The molecule has 0 aliphatic carbocycles. The minimum Gasteiger partial charge on any atom is -0.497 e. The molecule has 3 aromatic carbocycles. The van der Waals surface area contributed by atoms with Crippen LogP contribution >= 0.6 is 0 Å². The highest BCUT2D eigenvalue weighted by Gasteiger charge is 2.29. The third-order valence-electron chi connectivity index (χ3n) is 5.53. The lowest BCUT2D eigenvalue weighted by Gasteiger charge is -2.23. The van der Waals surface area contributed by atoms with Crippen LogP contribution < -0.4 is 24.8 Å². The van der Waals surface area contributed by atoms with E-state index in [9.17, 15) is 9.59 Å². The van der Waals surface area contributed by atoms with Gasteiger partial charge in [0.15, 0.2) is 6.10 Å². The van der Waals surface area contributed by atoms with Crippen molar-refractivity contribution in [2.75, 3.05) is 24.9 Å². The Balaban J connectivity index is 1.54. The molecule has 0 saturated carbocycles. The van der Waals surface area contributed by atoms with E-state index in [1.807, 2.05) is 48.5 Å². The van der Waals surface area contributed by atoms with Gasteiger partial charge in [-0.15, -0.1) is 0 Å². The van der Waals surface area contributed by atoms with Gasteiger partial charge >= 0.3 is 6.03 Å². The van der Waals surface area contributed by atoms with Crippen molar-refractivity contribution in [1.82, 2.24) is 4.90 Å². The Bertz CT molecular complexity index is 1180. The molecule has 0 saturated heterocycles. The Hall–Kier alpha value is -4.20. The Kier molecular flexibility index (Phi) is 6.87. The zero-order valence-corrected chi connectivity index (χ0v) is 19.3. The van der Waals surface area contributed by atoms with Crippen molar-refractivity contribution in [2.24, 2.45) is 0 Å². The minimum absolute atomic E-state index is 0.134. The van der Waals surface area contributed by atoms with Crippen LogP contribution in [0.5, 0.6) is 17.2 Å². The predicted octanol–water partition coefficient (Wildman–Crippen LogP) is 4.66. The van der Waals surface area contributed by atoms with Crippen molar-refractivity contribution in [3.05, 3.63) is 77.9 Å². The SMILES string of the molecule is COc1ccc(CN2Cc3cc(NC(=O)Nc4ccccc4)ccc3O[C@H](C)C2=O)c(OC)c1. The molecule has 1 aliphatic heterocycles. The number of ether oxygens (including phenoxy) is 3. The number of benzene rings is 3. The van der Waals surface area contributed by atoms with Crippen molar-refractivity contribution in [3.63, 3.8) is 0 Å². The second-order valence-corrected chi connectivity index (χ2v) is 7.90. The molecule has 0 unspecified atom stereocenters. The number of anilines is 2. The molecule has 8 nitrogen and oxygen atoms in total. The van der Waals surface area contributed by atoms with Crippen LogP contribution in [-0.4, -0.2) is 37.2 Å². The van der Waals surface area contributed by atoms with Gasteiger partial charge in [0, 0.05) is 41.7 Å². The van der Waals surface area contributed by atoms with Crippen molar-refractivity contribution in [1.29, 1.82) is 0 Å². The van der Waals surface area contributed by atoms with E-state index in [0.717, 1.165) is 11.1 Å². The van der Waals surface area contributed by atoms with Crippen molar-refractivity contribution < 1.29 is 23.8 Å². The molecule has 8 heteroatoms.